The highest BCUT2D eigenvalue weighted by Gasteiger charge is 2.25. The summed E-state index contributed by atoms with van der Waals surface area (Å²) in [5, 5.41) is 15.5. The molecule has 0 unspecified atom stereocenters. The van der Waals surface area contributed by atoms with Gasteiger partial charge in [0.05, 0.1) is 0 Å². The first kappa shape index (κ1) is 10.5. The van der Waals surface area contributed by atoms with Gasteiger partial charge in [0, 0.05) is 16.6 Å². The van der Waals surface area contributed by atoms with Gasteiger partial charge in [-0.1, -0.05) is 12.1 Å². The number of aromatic hydroxyl groups is 1. The van der Waals surface area contributed by atoms with Crippen molar-refractivity contribution in [3.8, 4) is 5.75 Å². The van der Waals surface area contributed by atoms with Crippen LogP contribution < -0.4 is 5.32 Å². The number of nitrogens with one attached hydrogen (secondary N) is 1. The molecule has 0 aliphatic carbocycles. The third kappa shape index (κ3) is 1.64. The largest absolute Gasteiger partial charge is 0.507 e. The van der Waals surface area contributed by atoms with E-state index in [0.717, 1.165) is 18.2 Å². The first-order valence-electron chi connectivity index (χ1n) is 6.09. The predicted molar refractivity (Wildman–Crippen MR) is 71.6 cm³/mol. The van der Waals surface area contributed by atoms with Gasteiger partial charge in [-0.2, -0.15) is 0 Å². The molecule has 2 aromatic rings. The van der Waals surface area contributed by atoms with Gasteiger partial charge in [-0.25, -0.2) is 0 Å². The number of rotatable bonds is 0. The van der Waals surface area contributed by atoms with Crippen LogP contribution in [0.2, 0.25) is 0 Å². The second-order valence-electron chi connectivity index (χ2n) is 5.47. The van der Waals surface area contributed by atoms with Crippen LogP contribution in [0.25, 0.3) is 10.8 Å². The Labute approximate surface area is 101 Å². The average Bonchev–Trinajstić information content (AvgIpc) is 2.27. The Bertz CT molecular complexity index is 587. The van der Waals surface area contributed by atoms with Crippen LogP contribution in [0, 0.1) is 0 Å². The molecule has 0 saturated heterocycles. The second kappa shape index (κ2) is 3.39. The summed E-state index contributed by atoms with van der Waals surface area (Å²) in [4.78, 5) is 0. The maximum absolute atomic E-state index is 9.86. The third-order valence-electron chi connectivity index (χ3n) is 3.62. The molecular weight excluding hydrogens is 210 g/mol. The lowest BCUT2D eigenvalue weighted by atomic mass is 9.87. The monoisotopic (exact) mass is 227 g/mol. The van der Waals surface area contributed by atoms with Gasteiger partial charge in [-0.05, 0) is 55.8 Å². The van der Waals surface area contributed by atoms with Crippen molar-refractivity contribution in [3.63, 3.8) is 0 Å². The maximum Gasteiger partial charge on any atom is 0.123 e. The van der Waals surface area contributed by atoms with Gasteiger partial charge in [0.1, 0.15) is 5.75 Å². The summed E-state index contributed by atoms with van der Waals surface area (Å²) in [5.41, 5.74) is 2.70. The molecule has 2 aromatic carbocycles. The van der Waals surface area contributed by atoms with E-state index in [2.05, 4.69) is 31.3 Å². The van der Waals surface area contributed by atoms with Crippen molar-refractivity contribution in [2.45, 2.75) is 32.2 Å². The molecule has 0 spiro atoms. The van der Waals surface area contributed by atoms with Crippen LogP contribution >= 0.6 is 0 Å². The van der Waals surface area contributed by atoms with Crippen LogP contribution in [0.1, 0.15) is 25.8 Å². The van der Waals surface area contributed by atoms with Crippen molar-refractivity contribution in [2.75, 3.05) is 5.32 Å². The number of benzene rings is 2. The maximum atomic E-state index is 9.86. The molecule has 3 rings (SSSR count). The molecular formula is C15H17NO. The molecule has 2 heteroatoms. The average molecular weight is 227 g/mol. The zero-order chi connectivity index (χ0) is 12.0. The first-order valence-corrected chi connectivity index (χ1v) is 6.09. The lowest BCUT2D eigenvalue weighted by Crippen LogP contribution is -2.35. The summed E-state index contributed by atoms with van der Waals surface area (Å²) < 4.78 is 0. The number of anilines is 1. The van der Waals surface area contributed by atoms with Gasteiger partial charge in [0.25, 0.3) is 0 Å². The Morgan fingerprint density at radius 1 is 1.12 bits per heavy atom. The Morgan fingerprint density at radius 2 is 1.94 bits per heavy atom. The zero-order valence-corrected chi connectivity index (χ0v) is 10.2. The van der Waals surface area contributed by atoms with E-state index in [1.165, 1.54) is 16.6 Å². The molecule has 0 amide bonds. The normalized spacial score (nSPS) is 17.5. The molecule has 0 atom stereocenters. The van der Waals surface area contributed by atoms with Crippen molar-refractivity contribution in [2.24, 2.45) is 0 Å². The quantitative estimate of drug-likeness (QED) is 0.719. The minimum Gasteiger partial charge on any atom is -0.507 e. The van der Waals surface area contributed by atoms with Crippen molar-refractivity contribution in [3.05, 3.63) is 35.9 Å². The Balaban J connectivity index is 2.25. The van der Waals surface area contributed by atoms with E-state index in [4.69, 9.17) is 0 Å². The Hall–Kier alpha value is -1.70. The molecule has 2 nitrogen and oxygen atoms in total. The van der Waals surface area contributed by atoms with Crippen molar-refractivity contribution >= 4 is 16.5 Å². The smallest absolute Gasteiger partial charge is 0.123 e. The summed E-state index contributed by atoms with van der Waals surface area (Å²) in [7, 11) is 0. The lowest BCUT2D eigenvalue weighted by Gasteiger charge is -2.34. The van der Waals surface area contributed by atoms with E-state index < -0.39 is 0 Å². The van der Waals surface area contributed by atoms with Gasteiger partial charge < -0.3 is 10.4 Å². The van der Waals surface area contributed by atoms with Crippen LogP contribution in [0.4, 0.5) is 5.69 Å². The first-order chi connectivity index (χ1) is 8.07. The third-order valence-corrected chi connectivity index (χ3v) is 3.62. The molecule has 88 valence electrons. The van der Waals surface area contributed by atoms with Gasteiger partial charge in [-0.3, -0.25) is 0 Å². The highest BCUT2D eigenvalue weighted by Crippen LogP contribution is 2.37. The number of phenolic OH excluding ortho intramolecular Hbond substituents is 1. The molecule has 0 radical (unpaired) electrons. The van der Waals surface area contributed by atoms with Gasteiger partial charge in [-0.15, -0.1) is 0 Å². The highest BCUT2D eigenvalue weighted by atomic mass is 16.3. The summed E-state index contributed by atoms with van der Waals surface area (Å²) >= 11 is 0. The molecule has 1 aliphatic heterocycles. The van der Waals surface area contributed by atoms with E-state index in [1.807, 2.05) is 12.1 Å². The van der Waals surface area contributed by atoms with Crippen LogP contribution in [0.15, 0.2) is 30.3 Å². The van der Waals surface area contributed by atoms with Crippen LogP contribution in [0.3, 0.4) is 0 Å². The van der Waals surface area contributed by atoms with E-state index >= 15 is 0 Å². The molecule has 2 N–H and O–H groups in total. The van der Waals surface area contributed by atoms with Gasteiger partial charge >= 0.3 is 0 Å². The predicted octanol–water partition coefficient (Wildman–Crippen LogP) is 3.68. The SMILES string of the molecule is CC1(C)CCc2c(ccc3c(O)cccc23)N1. The van der Waals surface area contributed by atoms with Crippen molar-refractivity contribution in [1.82, 2.24) is 0 Å². The molecule has 0 bridgehead atoms. The van der Waals surface area contributed by atoms with Crippen molar-refractivity contribution < 1.29 is 5.11 Å². The molecule has 0 aromatic heterocycles. The number of phenols is 1. The zero-order valence-electron chi connectivity index (χ0n) is 10.2. The fraction of sp³-hybridized carbons (Fsp3) is 0.333. The molecule has 17 heavy (non-hydrogen) atoms. The summed E-state index contributed by atoms with van der Waals surface area (Å²) in [6, 6.07) is 9.83. The molecule has 1 heterocycles. The molecule has 0 fully saturated rings. The number of aryl methyl sites for hydroxylation is 1. The Kier molecular flexibility index (Phi) is 2.09. The van der Waals surface area contributed by atoms with Crippen molar-refractivity contribution in [1.29, 1.82) is 0 Å². The van der Waals surface area contributed by atoms with E-state index in [9.17, 15) is 5.11 Å². The highest BCUT2D eigenvalue weighted by molar-refractivity contribution is 5.94. The van der Waals surface area contributed by atoms with Crippen LogP contribution in [-0.2, 0) is 6.42 Å². The lowest BCUT2D eigenvalue weighted by molar-refractivity contribution is 0.481. The van der Waals surface area contributed by atoms with Gasteiger partial charge in [0.15, 0.2) is 0 Å². The molecule has 0 saturated carbocycles. The van der Waals surface area contributed by atoms with Gasteiger partial charge in [0.2, 0.25) is 0 Å². The number of hydrogen-bond donors (Lipinski definition) is 2. The fourth-order valence-electron chi connectivity index (χ4n) is 2.65. The molecule has 1 aliphatic rings. The second-order valence-corrected chi connectivity index (χ2v) is 5.47. The summed E-state index contributed by atoms with van der Waals surface area (Å²) in [5.74, 6) is 0.370. The number of fused-ring (bicyclic) bond motifs is 3. The van der Waals surface area contributed by atoms with Crippen LogP contribution in [-0.4, -0.2) is 10.6 Å². The Morgan fingerprint density at radius 3 is 2.76 bits per heavy atom. The van der Waals surface area contributed by atoms with E-state index in [-0.39, 0.29) is 5.54 Å². The van der Waals surface area contributed by atoms with E-state index in [0.29, 0.717) is 5.75 Å². The summed E-state index contributed by atoms with van der Waals surface area (Å²) in [6.07, 6.45) is 2.19. The minimum absolute atomic E-state index is 0.164. The minimum atomic E-state index is 0.164. The summed E-state index contributed by atoms with van der Waals surface area (Å²) in [6.45, 7) is 4.45. The standard InChI is InChI=1S/C15H17NO/c1-15(2)9-8-11-10-4-3-5-14(17)12(10)6-7-13(11)16-15/h3-7,16-17H,8-9H2,1-2H3. The number of hydrogen-bond acceptors (Lipinski definition) is 2. The topological polar surface area (TPSA) is 32.3 Å². The van der Waals surface area contributed by atoms with E-state index in [1.54, 1.807) is 6.07 Å². The van der Waals surface area contributed by atoms with Crippen LogP contribution in [0.5, 0.6) is 5.75 Å². The fourth-order valence-corrected chi connectivity index (χ4v) is 2.65.